The van der Waals surface area contributed by atoms with E-state index in [1.165, 1.54) is 96.3 Å². The molecule has 0 radical (unpaired) electrons. The second-order valence-corrected chi connectivity index (χ2v) is 16.1. The number of unbranched alkanes of at least 4 members (excludes halogenated alkanes) is 20. The molecule has 0 bridgehead atoms. The second kappa shape index (κ2) is 31.2. The lowest BCUT2D eigenvalue weighted by Gasteiger charge is -2.26. The van der Waals surface area contributed by atoms with Crippen LogP contribution in [-0.2, 0) is 18.4 Å². The summed E-state index contributed by atoms with van der Waals surface area (Å²) in [4.78, 5) is 23.0. The highest BCUT2D eigenvalue weighted by Gasteiger charge is 2.28. The molecule has 0 heterocycles. The standard InChI is InChI=1S/C38H77N2O6P/c1-6-8-10-12-14-16-17-18-19-20-21-22-24-26-28-30-32-38(42)39-36(35-46-47(43,44)45-34-33-40(3,4)5)37(41)31-29-27-25-23-15-13-11-9-7-2/h19-20,36-37,41H,6-18,21-35H2,1-5H3,(H-,39,42,43,44)/p+1/b20-19-. The number of nitrogens with zero attached hydrogens (tertiary/aromatic N) is 1. The number of hydrogen-bond acceptors (Lipinski definition) is 5. The number of amides is 1. The molecule has 1 amide bonds. The molecule has 0 aliphatic heterocycles. The average molecular weight is 690 g/mol. The zero-order valence-electron chi connectivity index (χ0n) is 31.5. The Morgan fingerprint density at radius 3 is 1.64 bits per heavy atom. The number of carbonyl (C=O) groups excluding carboxylic acids is 1. The molecule has 0 saturated carbocycles. The molecule has 0 aromatic rings. The summed E-state index contributed by atoms with van der Waals surface area (Å²) in [6.45, 7) is 4.84. The maximum Gasteiger partial charge on any atom is 0.472 e. The minimum Gasteiger partial charge on any atom is -0.391 e. The molecule has 47 heavy (non-hydrogen) atoms. The maximum atomic E-state index is 12.8. The molecule has 280 valence electrons. The fourth-order valence-electron chi connectivity index (χ4n) is 5.57. The van der Waals surface area contributed by atoms with Crippen LogP contribution in [0.2, 0.25) is 0 Å². The number of nitrogens with one attached hydrogen (secondary N) is 1. The molecule has 8 nitrogen and oxygen atoms in total. The van der Waals surface area contributed by atoms with Gasteiger partial charge in [-0.05, 0) is 38.5 Å². The molecular weight excluding hydrogens is 611 g/mol. The van der Waals surface area contributed by atoms with Gasteiger partial charge in [0.25, 0.3) is 0 Å². The van der Waals surface area contributed by atoms with E-state index in [9.17, 15) is 19.4 Å². The first-order chi connectivity index (χ1) is 22.5. The van der Waals surface area contributed by atoms with Crippen LogP contribution in [0.5, 0.6) is 0 Å². The summed E-state index contributed by atoms with van der Waals surface area (Å²) in [5.74, 6) is -0.156. The van der Waals surface area contributed by atoms with Crippen LogP contribution >= 0.6 is 7.82 Å². The van der Waals surface area contributed by atoms with Crippen LogP contribution in [0.1, 0.15) is 174 Å². The van der Waals surface area contributed by atoms with Gasteiger partial charge in [0.1, 0.15) is 13.2 Å². The predicted octanol–water partition coefficient (Wildman–Crippen LogP) is 10.0. The van der Waals surface area contributed by atoms with E-state index in [4.69, 9.17) is 9.05 Å². The van der Waals surface area contributed by atoms with E-state index in [-0.39, 0.29) is 19.1 Å². The van der Waals surface area contributed by atoms with Crippen molar-refractivity contribution in [1.29, 1.82) is 0 Å². The van der Waals surface area contributed by atoms with Gasteiger partial charge >= 0.3 is 7.82 Å². The maximum absolute atomic E-state index is 12.8. The van der Waals surface area contributed by atoms with E-state index in [0.717, 1.165) is 51.4 Å². The van der Waals surface area contributed by atoms with Crippen LogP contribution in [0.15, 0.2) is 12.2 Å². The summed E-state index contributed by atoms with van der Waals surface area (Å²) in [5.41, 5.74) is 0. The van der Waals surface area contributed by atoms with E-state index in [1.54, 1.807) is 0 Å². The van der Waals surface area contributed by atoms with Crippen molar-refractivity contribution in [3.63, 3.8) is 0 Å². The Balaban J connectivity index is 4.40. The third-order valence-corrected chi connectivity index (χ3v) is 9.75. The first-order valence-electron chi connectivity index (χ1n) is 19.6. The lowest BCUT2D eigenvalue weighted by atomic mass is 10.0. The van der Waals surface area contributed by atoms with Crippen molar-refractivity contribution in [2.75, 3.05) is 40.9 Å². The van der Waals surface area contributed by atoms with Crippen molar-refractivity contribution < 1.29 is 32.9 Å². The molecule has 0 aromatic carbocycles. The Hall–Kier alpha value is -0.760. The molecule has 0 fully saturated rings. The molecule has 3 unspecified atom stereocenters. The van der Waals surface area contributed by atoms with Crippen molar-refractivity contribution in [1.82, 2.24) is 5.32 Å². The quantitative estimate of drug-likeness (QED) is 0.0265. The van der Waals surface area contributed by atoms with Gasteiger partial charge in [-0.3, -0.25) is 13.8 Å². The third-order valence-electron chi connectivity index (χ3n) is 8.76. The fourth-order valence-corrected chi connectivity index (χ4v) is 6.30. The zero-order valence-corrected chi connectivity index (χ0v) is 32.4. The Morgan fingerprint density at radius 2 is 1.15 bits per heavy atom. The van der Waals surface area contributed by atoms with Gasteiger partial charge in [-0.25, -0.2) is 4.57 Å². The van der Waals surface area contributed by atoms with Gasteiger partial charge in [0, 0.05) is 6.42 Å². The third kappa shape index (κ3) is 33.5. The number of quaternary nitrogens is 1. The molecule has 0 aromatic heterocycles. The highest BCUT2D eigenvalue weighted by Crippen LogP contribution is 2.43. The summed E-state index contributed by atoms with van der Waals surface area (Å²) < 4.78 is 23.5. The topological polar surface area (TPSA) is 105 Å². The number of allylic oxidation sites excluding steroid dienone is 2. The van der Waals surface area contributed by atoms with Gasteiger partial charge in [-0.1, -0.05) is 142 Å². The van der Waals surface area contributed by atoms with E-state index in [1.807, 2.05) is 21.1 Å². The first-order valence-corrected chi connectivity index (χ1v) is 21.0. The molecule has 0 aliphatic carbocycles. The van der Waals surface area contributed by atoms with Gasteiger partial charge in [0.15, 0.2) is 0 Å². The number of hydrogen-bond donors (Lipinski definition) is 3. The number of carbonyl (C=O) groups is 1. The molecule has 3 N–H and O–H groups in total. The molecule has 0 spiro atoms. The zero-order chi connectivity index (χ0) is 35.1. The first kappa shape index (κ1) is 46.2. The largest absolute Gasteiger partial charge is 0.472 e. The second-order valence-electron chi connectivity index (χ2n) is 14.7. The van der Waals surface area contributed by atoms with Crippen LogP contribution in [0, 0.1) is 0 Å². The monoisotopic (exact) mass is 690 g/mol. The van der Waals surface area contributed by atoms with E-state index < -0.39 is 20.0 Å². The number of aliphatic hydroxyl groups is 1. The SMILES string of the molecule is CCCCCCCCC/C=C\CCCCCCCC(=O)NC(COP(=O)(O)OCC[N+](C)(C)C)C(O)CCCCCCCCCCC. The molecule has 9 heteroatoms. The molecular formula is C38H78N2O6P+. The Kier molecular flexibility index (Phi) is 30.7. The van der Waals surface area contributed by atoms with Crippen molar-refractivity contribution in [2.45, 2.75) is 187 Å². The summed E-state index contributed by atoms with van der Waals surface area (Å²) in [7, 11) is 1.61. The molecule has 0 aliphatic rings. The van der Waals surface area contributed by atoms with E-state index >= 15 is 0 Å². The Morgan fingerprint density at radius 1 is 0.702 bits per heavy atom. The Bertz CT molecular complexity index is 789. The lowest BCUT2D eigenvalue weighted by Crippen LogP contribution is -2.46. The van der Waals surface area contributed by atoms with Crippen molar-refractivity contribution in [3.8, 4) is 0 Å². The van der Waals surface area contributed by atoms with Gasteiger partial charge in [-0.15, -0.1) is 0 Å². The summed E-state index contributed by atoms with van der Waals surface area (Å²) in [6, 6.07) is -0.758. The molecule has 3 atom stereocenters. The minimum absolute atomic E-state index is 0.0742. The lowest BCUT2D eigenvalue weighted by molar-refractivity contribution is -0.870. The van der Waals surface area contributed by atoms with Crippen LogP contribution in [0.3, 0.4) is 0 Å². The molecule has 0 saturated heterocycles. The number of phosphoric ester groups is 1. The number of phosphoric acid groups is 1. The highest BCUT2D eigenvalue weighted by molar-refractivity contribution is 7.47. The smallest absolute Gasteiger partial charge is 0.391 e. The van der Waals surface area contributed by atoms with Crippen LogP contribution < -0.4 is 5.32 Å². The van der Waals surface area contributed by atoms with Crippen molar-refractivity contribution >= 4 is 13.7 Å². The normalized spacial score (nSPS) is 14.8. The summed E-state index contributed by atoms with van der Waals surface area (Å²) in [6.07, 6.45) is 32.3. The summed E-state index contributed by atoms with van der Waals surface area (Å²) >= 11 is 0. The Labute approximate surface area is 291 Å². The summed E-state index contributed by atoms with van der Waals surface area (Å²) in [5, 5.41) is 13.8. The average Bonchev–Trinajstić information content (AvgIpc) is 3.01. The highest BCUT2D eigenvalue weighted by atomic mass is 31.2. The van der Waals surface area contributed by atoms with Crippen LogP contribution in [0.4, 0.5) is 0 Å². The number of aliphatic hydroxyl groups excluding tert-OH is 1. The number of rotatable bonds is 35. The van der Waals surface area contributed by atoms with Crippen LogP contribution in [-0.4, -0.2) is 73.4 Å². The molecule has 0 rings (SSSR count). The van der Waals surface area contributed by atoms with Crippen molar-refractivity contribution in [2.24, 2.45) is 0 Å². The van der Waals surface area contributed by atoms with E-state index in [0.29, 0.717) is 23.9 Å². The fraction of sp³-hybridized carbons (Fsp3) is 0.921. The van der Waals surface area contributed by atoms with Gasteiger partial charge < -0.3 is 19.8 Å². The van der Waals surface area contributed by atoms with Gasteiger partial charge in [0.2, 0.25) is 5.91 Å². The minimum atomic E-state index is -4.30. The van der Waals surface area contributed by atoms with Gasteiger partial charge in [-0.2, -0.15) is 0 Å². The van der Waals surface area contributed by atoms with Gasteiger partial charge in [0.05, 0.1) is 39.9 Å². The number of likely N-dealkylation sites (N-methyl/N-ethyl adjacent to an activating group) is 1. The van der Waals surface area contributed by atoms with Crippen LogP contribution in [0.25, 0.3) is 0 Å². The predicted molar refractivity (Wildman–Crippen MR) is 198 cm³/mol. The van der Waals surface area contributed by atoms with E-state index in [2.05, 4.69) is 31.3 Å². The van der Waals surface area contributed by atoms with Crippen molar-refractivity contribution in [3.05, 3.63) is 12.2 Å².